The van der Waals surface area contributed by atoms with Crippen molar-refractivity contribution in [3.63, 3.8) is 0 Å². The third kappa shape index (κ3) is 3.72. The normalized spacial score (nSPS) is 13.9. The van der Waals surface area contributed by atoms with Gasteiger partial charge in [-0.3, -0.25) is 0 Å². The fraction of sp³-hybridized carbons (Fsp3) is 0.429. The molecule has 1 fully saturated rings. The maximum Gasteiger partial charge on any atom is 0.335 e. The van der Waals surface area contributed by atoms with Crippen LogP contribution in [0.4, 0.5) is 10.5 Å². The van der Waals surface area contributed by atoms with E-state index in [-0.39, 0.29) is 11.6 Å². The molecule has 2 rings (SSSR count). The number of rotatable bonds is 5. The summed E-state index contributed by atoms with van der Waals surface area (Å²) in [4.78, 5) is 24.8. The molecule has 0 heterocycles. The third-order valence-corrected chi connectivity index (χ3v) is 3.96. The average molecular weight is 341 g/mol. The van der Waals surface area contributed by atoms with Crippen LogP contribution < -0.4 is 5.32 Å². The summed E-state index contributed by atoms with van der Waals surface area (Å²) < 4.78 is 0.563. The Morgan fingerprint density at radius 2 is 2.15 bits per heavy atom. The second kappa shape index (κ2) is 6.26. The molecular weight excluding hydrogens is 324 g/mol. The van der Waals surface area contributed by atoms with Crippen molar-refractivity contribution < 1.29 is 14.7 Å². The summed E-state index contributed by atoms with van der Waals surface area (Å²) in [6.45, 7) is 3.39. The van der Waals surface area contributed by atoms with Crippen LogP contribution >= 0.6 is 15.9 Å². The van der Waals surface area contributed by atoms with Gasteiger partial charge in [0.1, 0.15) is 0 Å². The van der Waals surface area contributed by atoms with Crippen molar-refractivity contribution in [1.82, 2.24) is 4.90 Å². The number of halogens is 1. The summed E-state index contributed by atoms with van der Waals surface area (Å²) in [5.41, 5.74) is 0.759. The van der Waals surface area contributed by atoms with E-state index >= 15 is 0 Å². The highest BCUT2D eigenvalue weighted by Crippen LogP contribution is 2.30. The number of carboxylic acid groups (broad SMARTS) is 1. The molecule has 1 aliphatic rings. The van der Waals surface area contributed by atoms with Gasteiger partial charge >= 0.3 is 12.0 Å². The molecule has 1 aromatic rings. The number of amides is 2. The zero-order valence-corrected chi connectivity index (χ0v) is 12.8. The predicted molar refractivity (Wildman–Crippen MR) is 80.1 cm³/mol. The number of benzene rings is 1. The first-order valence-electron chi connectivity index (χ1n) is 6.60. The second-order valence-electron chi connectivity index (χ2n) is 4.91. The van der Waals surface area contributed by atoms with Crippen LogP contribution in [0.25, 0.3) is 0 Å². The van der Waals surface area contributed by atoms with Crippen LogP contribution in [0.3, 0.4) is 0 Å². The maximum atomic E-state index is 12.2. The first-order valence-corrected chi connectivity index (χ1v) is 7.39. The highest BCUT2D eigenvalue weighted by molar-refractivity contribution is 9.10. The average Bonchev–Trinajstić information content (AvgIpc) is 3.21. The molecule has 5 nitrogen and oxygen atoms in total. The quantitative estimate of drug-likeness (QED) is 0.862. The fourth-order valence-corrected chi connectivity index (χ4v) is 2.39. The van der Waals surface area contributed by atoms with E-state index in [9.17, 15) is 9.59 Å². The van der Waals surface area contributed by atoms with Gasteiger partial charge in [-0.25, -0.2) is 9.59 Å². The molecule has 1 aliphatic carbocycles. The molecule has 2 amide bonds. The van der Waals surface area contributed by atoms with Crippen LogP contribution in [-0.2, 0) is 0 Å². The lowest BCUT2D eigenvalue weighted by molar-refractivity contribution is 0.0697. The molecule has 20 heavy (non-hydrogen) atoms. The molecule has 6 heteroatoms. The minimum Gasteiger partial charge on any atom is -0.478 e. The van der Waals surface area contributed by atoms with Crippen LogP contribution in [0.1, 0.15) is 30.1 Å². The Morgan fingerprint density at radius 1 is 1.45 bits per heavy atom. The SMILES string of the molecule is CCN(CC1CC1)C(=O)Nc1ccc(C(=O)O)cc1Br. The number of carbonyl (C=O) groups excluding carboxylic acids is 1. The lowest BCUT2D eigenvalue weighted by atomic mass is 10.2. The Labute approximate surface area is 126 Å². The first kappa shape index (κ1) is 14.8. The highest BCUT2D eigenvalue weighted by atomic mass is 79.9. The number of urea groups is 1. The number of carbonyl (C=O) groups is 2. The molecule has 2 N–H and O–H groups in total. The lowest BCUT2D eigenvalue weighted by Crippen LogP contribution is -2.36. The lowest BCUT2D eigenvalue weighted by Gasteiger charge is -2.21. The van der Waals surface area contributed by atoms with E-state index in [2.05, 4.69) is 21.2 Å². The number of hydrogen-bond donors (Lipinski definition) is 2. The summed E-state index contributed by atoms with van der Waals surface area (Å²) in [5, 5.41) is 11.7. The van der Waals surface area contributed by atoms with E-state index in [1.807, 2.05) is 6.92 Å². The Hall–Kier alpha value is -1.56. The van der Waals surface area contributed by atoms with E-state index in [0.717, 1.165) is 6.54 Å². The number of aromatic carboxylic acids is 1. The summed E-state index contributed by atoms with van der Waals surface area (Å²) in [7, 11) is 0. The molecule has 0 atom stereocenters. The van der Waals surface area contributed by atoms with Gasteiger partial charge in [-0.05, 0) is 59.8 Å². The Morgan fingerprint density at radius 3 is 2.65 bits per heavy atom. The van der Waals surface area contributed by atoms with Crippen molar-refractivity contribution in [2.24, 2.45) is 5.92 Å². The van der Waals surface area contributed by atoms with E-state index in [4.69, 9.17) is 5.11 Å². The van der Waals surface area contributed by atoms with E-state index < -0.39 is 5.97 Å². The summed E-state index contributed by atoms with van der Waals surface area (Å²) >= 11 is 3.28. The summed E-state index contributed by atoms with van der Waals surface area (Å²) in [5.74, 6) is -0.356. The maximum absolute atomic E-state index is 12.2. The molecule has 0 radical (unpaired) electrons. The first-order chi connectivity index (χ1) is 9.51. The van der Waals surface area contributed by atoms with Gasteiger partial charge in [-0.2, -0.15) is 0 Å². The number of nitrogens with one attached hydrogen (secondary N) is 1. The molecule has 0 aliphatic heterocycles. The number of nitrogens with zero attached hydrogens (tertiary/aromatic N) is 1. The van der Waals surface area contributed by atoms with Gasteiger partial charge in [0.2, 0.25) is 0 Å². The summed E-state index contributed by atoms with van der Waals surface area (Å²) in [6, 6.07) is 4.40. The van der Waals surface area contributed by atoms with E-state index in [1.165, 1.54) is 25.0 Å². The van der Waals surface area contributed by atoms with Gasteiger partial charge in [0, 0.05) is 17.6 Å². The zero-order valence-electron chi connectivity index (χ0n) is 11.2. The van der Waals surface area contributed by atoms with Crippen LogP contribution in [-0.4, -0.2) is 35.1 Å². The molecule has 0 bridgehead atoms. The molecule has 0 spiro atoms. The van der Waals surface area contributed by atoms with Crippen LogP contribution in [0, 0.1) is 5.92 Å². The molecular formula is C14H17BrN2O3. The van der Waals surface area contributed by atoms with Gasteiger partial charge in [-0.15, -0.1) is 0 Å². The monoisotopic (exact) mass is 340 g/mol. The largest absolute Gasteiger partial charge is 0.478 e. The number of anilines is 1. The predicted octanol–water partition coefficient (Wildman–Crippen LogP) is 3.41. The molecule has 0 saturated heterocycles. The van der Waals surface area contributed by atoms with Crippen molar-refractivity contribution in [3.8, 4) is 0 Å². The standard InChI is InChI=1S/C14H17BrN2O3/c1-2-17(8-9-3-4-9)14(20)16-12-6-5-10(13(18)19)7-11(12)15/h5-7,9H,2-4,8H2,1H3,(H,16,20)(H,18,19). The molecule has 0 unspecified atom stereocenters. The van der Waals surface area contributed by atoms with Gasteiger partial charge in [0.25, 0.3) is 0 Å². The Kier molecular flexibility index (Phi) is 4.65. The number of hydrogen-bond acceptors (Lipinski definition) is 2. The minimum absolute atomic E-state index is 0.150. The smallest absolute Gasteiger partial charge is 0.335 e. The third-order valence-electron chi connectivity index (χ3n) is 3.30. The van der Waals surface area contributed by atoms with E-state index in [0.29, 0.717) is 22.6 Å². The molecule has 1 aromatic carbocycles. The van der Waals surface area contributed by atoms with Crippen molar-refractivity contribution in [1.29, 1.82) is 0 Å². The van der Waals surface area contributed by atoms with Crippen molar-refractivity contribution in [2.75, 3.05) is 18.4 Å². The second-order valence-corrected chi connectivity index (χ2v) is 5.77. The van der Waals surface area contributed by atoms with Crippen molar-refractivity contribution in [3.05, 3.63) is 28.2 Å². The van der Waals surface area contributed by atoms with Crippen LogP contribution in [0.15, 0.2) is 22.7 Å². The van der Waals surface area contributed by atoms with Crippen molar-refractivity contribution in [2.45, 2.75) is 19.8 Å². The number of carboxylic acids is 1. The summed E-state index contributed by atoms with van der Waals surface area (Å²) in [6.07, 6.45) is 2.39. The van der Waals surface area contributed by atoms with Gasteiger partial charge in [-0.1, -0.05) is 0 Å². The molecule has 1 saturated carbocycles. The fourth-order valence-electron chi connectivity index (χ4n) is 1.91. The topological polar surface area (TPSA) is 69.6 Å². The van der Waals surface area contributed by atoms with Gasteiger partial charge in [0.15, 0.2) is 0 Å². The Balaban J connectivity index is 2.04. The van der Waals surface area contributed by atoms with Crippen LogP contribution in [0.2, 0.25) is 0 Å². The zero-order chi connectivity index (χ0) is 14.7. The minimum atomic E-state index is -0.993. The van der Waals surface area contributed by atoms with Gasteiger partial charge in [0.05, 0.1) is 11.3 Å². The Bertz CT molecular complexity index is 529. The highest BCUT2D eigenvalue weighted by Gasteiger charge is 2.26. The molecule has 108 valence electrons. The van der Waals surface area contributed by atoms with Crippen LogP contribution in [0.5, 0.6) is 0 Å². The van der Waals surface area contributed by atoms with Crippen molar-refractivity contribution >= 4 is 33.6 Å². The van der Waals surface area contributed by atoms with E-state index in [1.54, 1.807) is 11.0 Å². The molecule has 0 aromatic heterocycles. The van der Waals surface area contributed by atoms with Gasteiger partial charge < -0.3 is 15.3 Å².